The molecule has 0 aromatic carbocycles. The molecule has 1 aliphatic rings. The zero-order valence-corrected chi connectivity index (χ0v) is 15.2. The predicted octanol–water partition coefficient (Wildman–Crippen LogP) is 2.15. The number of nitrogens with one attached hydrogen (secondary N) is 2. The van der Waals surface area contributed by atoms with Gasteiger partial charge in [-0.1, -0.05) is 0 Å². The Labute approximate surface area is 162 Å². The minimum absolute atomic E-state index is 0.0240. The second-order valence-corrected chi connectivity index (χ2v) is 6.45. The van der Waals surface area contributed by atoms with Crippen molar-refractivity contribution in [3.05, 3.63) is 60.8 Å². The zero-order chi connectivity index (χ0) is 19.2. The van der Waals surface area contributed by atoms with E-state index in [4.69, 9.17) is 0 Å². The van der Waals surface area contributed by atoms with Crippen molar-refractivity contribution < 1.29 is 4.79 Å². The fraction of sp³-hybridized carbons (Fsp3) is 0.263. The molecular formula is C19H20N8O. The van der Waals surface area contributed by atoms with Gasteiger partial charge in [0.15, 0.2) is 5.82 Å². The van der Waals surface area contributed by atoms with Gasteiger partial charge in [-0.25, -0.2) is 19.9 Å². The summed E-state index contributed by atoms with van der Waals surface area (Å²) in [5.74, 6) is 1.17. The number of amides is 1. The number of carbonyl (C=O) groups excluding carboxylic acids is 1. The highest BCUT2D eigenvalue weighted by Gasteiger charge is 2.27. The van der Waals surface area contributed by atoms with Gasteiger partial charge in [0.05, 0.1) is 23.9 Å². The summed E-state index contributed by atoms with van der Waals surface area (Å²) in [5, 5.41) is 3.13. The molecule has 1 unspecified atom stereocenters. The molecule has 1 saturated heterocycles. The number of imidazole rings is 1. The van der Waals surface area contributed by atoms with Gasteiger partial charge in [0, 0.05) is 49.9 Å². The minimum atomic E-state index is -0.0240. The van der Waals surface area contributed by atoms with Crippen molar-refractivity contribution in [3.8, 4) is 0 Å². The van der Waals surface area contributed by atoms with E-state index in [1.807, 2.05) is 4.90 Å². The van der Waals surface area contributed by atoms with Crippen LogP contribution in [0.4, 0.5) is 11.8 Å². The summed E-state index contributed by atoms with van der Waals surface area (Å²) in [7, 11) is 0. The van der Waals surface area contributed by atoms with Gasteiger partial charge in [-0.05, 0) is 25.0 Å². The quantitative estimate of drug-likeness (QED) is 0.656. The molecule has 4 heterocycles. The molecule has 0 spiro atoms. The van der Waals surface area contributed by atoms with Gasteiger partial charge in [0.25, 0.3) is 0 Å². The van der Waals surface area contributed by atoms with Crippen molar-refractivity contribution >= 4 is 23.7 Å². The number of carbonyl (C=O) groups is 1. The Bertz CT molecular complexity index is 942. The monoisotopic (exact) mass is 376 g/mol. The van der Waals surface area contributed by atoms with Crippen molar-refractivity contribution in [3.63, 3.8) is 0 Å². The van der Waals surface area contributed by atoms with Crippen LogP contribution >= 0.6 is 0 Å². The van der Waals surface area contributed by atoms with Crippen molar-refractivity contribution in [1.82, 2.24) is 34.8 Å². The van der Waals surface area contributed by atoms with E-state index in [1.165, 1.54) is 0 Å². The van der Waals surface area contributed by atoms with Crippen LogP contribution in [-0.2, 0) is 4.79 Å². The number of hydrogen-bond acceptors (Lipinski definition) is 7. The fourth-order valence-electron chi connectivity index (χ4n) is 3.24. The molecule has 142 valence electrons. The van der Waals surface area contributed by atoms with Crippen molar-refractivity contribution in [2.75, 3.05) is 18.4 Å². The summed E-state index contributed by atoms with van der Waals surface area (Å²) < 4.78 is 0. The van der Waals surface area contributed by atoms with Gasteiger partial charge in [0.1, 0.15) is 0 Å². The van der Waals surface area contributed by atoms with E-state index >= 15 is 0 Å². The molecule has 0 saturated carbocycles. The largest absolute Gasteiger partial charge is 0.345 e. The van der Waals surface area contributed by atoms with E-state index in [0.29, 0.717) is 18.3 Å². The number of anilines is 2. The molecule has 9 nitrogen and oxygen atoms in total. The molecule has 1 fully saturated rings. The molecule has 0 aliphatic carbocycles. The van der Waals surface area contributed by atoms with Crippen molar-refractivity contribution in [1.29, 1.82) is 0 Å². The van der Waals surface area contributed by atoms with E-state index in [9.17, 15) is 4.79 Å². The molecule has 28 heavy (non-hydrogen) atoms. The first-order valence-corrected chi connectivity index (χ1v) is 9.10. The Morgan fingerprint density at radius 1 is 1.18 bits per heavy atom. The van der Waals surface area contributed by atoms with E-state index in [1.54, 1.807) is 55.5 Å². The Morgan fingerprint density at radius 3 is 2.86 bits per heavy atom. The molecule has 0 bridgehead atoms. The number of rotatable bonds is 5. The van der Waals surface area contributed by atoms with Gasteiger partial charge in [-0.15, -0.1) is 0 Å². The number of aromatic amines is 1. The van der Waals surface area contributed by atoms with Gasteiger partial charge in [-0.2, -0.15) is 0 Å². The van der Waals surface area contributed by atoms with Gasteiger partial charge in [-0.3, -0.25) is 9.78 Å². The third-order valence-electron chi connectivity index (χ3n) is 4.57. The number of piperidine rings is 1. The molecule has 3 aromatic rings. The number of aromatic nitrogens is 6. The standard InChI is InChI=1S/C19H20N8O/c28-16(5-4-15-11-20-13-25-15)27-10-1-3-14(12-27)17-18(22-9-8-21-17)26-19-23-6-2-7-24-19/h2,4-9,11,13-14H,1,3,10,12H2,(H,20,25)(H,22,23,24,26). The van der Waals surface area contributed by atoms with Crippen LogP contribution in [0.15, 0.2) is 49.5 Å². The number of likely N-dealkylation sites (tertiary alicyclic amines) is 1. The Morgan fingerprint density at radius 2 is 2.04 bits per heavy atom. The van der Waals surface area contributed by atoms with Gasteiger partial charge < -0.3 is 15.2 Å². The van der Waals surface area contributed by atoms with Crippen molar-refractivity contribution in [2.45, 2.75) is 18.8 Å². The first kappa shape index (κ1) is 17.8. The number of hydrogen-bond donors (Lipinski definition) is 2. The zero-order valence-electron chi connectivity index (χ0n) is 15.2. The lowest BCUT2D eigenvalue weighted by atomic mass is 9.94. The summed E-state index contributed by atoms with van der Waals surface area (Å²) in [4.78, 5) is 38.6. The van der Waals surface area contributed by atoms with E-state index < -0.39 is 0 Å². The number of nitrogens with zero attached hydrogens (tertiary/aromatic N) is 6. The predicted molar refractivity (Wildman–Crippen MR) is 104 cm³/mol. The van der Waals surface area contributed by atoms with Crippen LogP contribution in [0.3, 0.4) is 0 Å². The maximum Gasteiger partial charge on any atom is 0.246 e. The lowest BCUT2D eigenvalue weighted by Crippen LogP contribution is -2.38. The van der Waals surface area contributed by atoms with Crippen LogP contribution in [0.2, 0.25) is 0 Å². The van der Waals surface area contributed by atoms with E-state index in [2.05, 4.69) is 35.2 Å². The lowest BCUT2D eigenvalue weighted by Gasteiger charge is -2.32. The van der Waals surface area contributed by atoms with Gasteiger partial charge in [0.2, 0.25) is 11.9 Å². The third kappa shape index (κ3) is 4.20. The van der Waals surface area contributed by atoms with Crippen LogP contribution in [0.1, 0.15) is 30.1 Å². The molecule has 1 atom stereocenters. The highest BCUT2D eigenvalue weighted by atomic mass is 16.2. The number of H-pyrrole nitrogens is 1. The lowest BCUT2D eigenvalue weighted by molar-refractivity contribution is -0.127. The molecule has 0 radical (unpaired) electrons. The molecule has 9 heteroatoms. The normalized spacial score (nSPS) is 17.0. The van der Waals surface area contributed by atoms with Crippen molar-refractivity contribution in [2.24, 2.45) is 0 Å². The Kier molecular flexibility index (Phi) is 5.32. The molecule has 3 aromatic heterocycles. The van der Waals surface area contributed by atoms with E-state index in [-0.39, 0.29) is 11.8 Å². The van der Waals surface area contributed by atoms with Crippen LogP contribution in [0.25, 0.3) is 6.08 Å². The Balaban J connectivity index is 1.48. The molecular weight excluding hydrogens is 356 g/mol. The summed E-state index contributed by atoms with van der Waals surface area (Å²) in [5.41, 5.74) is 1.62. The average molecular weight is 376 g/mol. The van der Waals surface area contributed by atoms with Crippen LogP contribution < -0.4 is 5.32 Å². The second kappa shape index (κ2) is 8.38. The second-order valence-electron chi connectivity index (χ2n) is 6.45. The van der Waals surface area contributed by atoms with Crippen LogP contribution in [0.5, 0.6) is 0 Å². The smallest absolute Gasteiger partial charge is 0.246 e. The summed E-state index contributed by atoms with van der Waals surface area (Å²) in [6, 6.07) is 1.75. The van der Waals surface area contributed by atoms with E-state index in [0.717, 1.165) is 30.8 Å². The summed E-state index contributed by atoms with van der Waals surface area (Å²) in [6.07, 6.45) is 15.1. The van der Waals surface area contributed by atoms with Gasteiger partial charge >= 0.3 is 0 Å². The first-order valence-electron chi connectivity index (χ1n) is 9.10. The SMILES string of the molecule is O=C(C=Cc1cnc[nH]1)N1CCCC(c2nccnc2Nc2ncccn2)C1. The first-order chi connectivity index (χ1) is 13.8. The topological polar surface area (TPSA) is 113 Å². The highest BCUT2D eigenvalue weighted by molar-refractivity contribution is 5.91. The summed E-state index contributed by atoms with van der Waals surface area (Å²) in [6.45, 7) is 1.32. The molecule has 1 amide bonds. The van der Waals surface area contributed by atoms with Crippen LogP contribution in [-0.4, -0.2) is 53.8 Å². The maximum atomic E-state index is 12.6. The molecule has 4 rings (SSSR count). The molecule has 2 N–H and O–H groups in total. The molecule has 1 aliphatic heterocycles. The third-order valence-corrected chi connectivity index (χ3v) is 4.57. The maximum absolute atomic E-state index is 12.6. The average Bonchev–Trinajstić information content (AvgIpc) is 3.27. The fourth-order valence-corrected chi connectivity index (χ4v) is 3.24. The highest BCUT2D eigenvalue weighted by Crippen LogP contribution is 2.30. The van der Waals surface area contributed by atoms with Crippen LogP contribution in [0, 0.1) is 0 Å². The Hall–Kier alpha value is -3.62. The minimum Gasteiger partial charge on any atom is -0.345 e. The summed E-state index contributed by atoms with van der Waals surface area (Å²) >= 11 is 0.